The van der Waals surface area contributed by atoms with Crippen LogP contribution in [0, 0.1) is 27.7 Å². The molecule has 0 aliphatic heterocycles. The van der Waals surface area contributed by atoms with Crippen molar-refractivity contribution in [1.29, 1.82) is 5.26 Å². The summed E-state index contributed by atoms with van der Waals surface area (Å²) in [5.74, 6) is -0.971. The maximum Gasteiger partial charge on any atom is 0.182 e. The number of halogens is 3. The molecule has 0 fully saturated rings. The number of imidazole rings is 1. The number of rotatable bonds is 1. The van der Waals surface area contributed by atoms with Crippen LogP contribution in [-0.4, -0.2) is 9.55 Å². The van der Waals surface area contributed by atoms with E-state index in [1.165, 1.54) is 22.8 Å². The Kier molecular flexibility index (Phi) is 3.35. The zero-order valence-corrected chi connectivity index (χ0v) is 12.7. The minimum Gasteiger partial charge on any atom is -0.330 e. The minimum atomic E-state index is -0.518. The van der Waals surface area contributed by atoms with Gasteiger partial charge in [0.15, 0.2) is 4.77 Å². The summed E-state index contributed by atoms with van der Waals surface area (Å²) in [5.41, 5.74) is 1.61. The van der Waals surface area contributed by atoms with E-state index < -0.39 is 11.6 Å². The van der Waals surface area contributed by atoms with Crippen molar-refractivity contribution in [2.75, 3.05) is 0 Å². The van der Waals surface area contributed by atoms with Crippen molar-refractivity contribution in [2.24, 2.45) is 0 Å². The van der Waals surface area contributed by atoms with Crippen LogP contribution in [0.1, 0.15) is 5.56 Å². The standard InChI is InChI=1S/C14H6BrF2N3S/c15-9-4-11-13(5-10(9)17)20(14(21)19-11)12-2-1-8(16)3-7(12)6-18/h1-5H,(H,19,21). The molecule has 3 aromatic rings. The summed E-state index contributed by atoms with van der Waals surface area (Å²) in [4.78, 5) is 2.94. The van der Waals surface area contributed by atoms with Crippen LogP contribution >= 0.6 is 28.1 Å². The Morgan fingerprint density at radius 1 is 1.24 bits per heavy atom. The Bertz CT molecular complexity index is 969. The second-order valence-electron chi connectivity index (χ2n) is 4.32. The van der Waals surface area contributed by atoms with Crippen molar-refractivity contribution in [3.8, 4) is 11.8 Å². The molecule has 104 valence electrons. The number of hydrogen-bond donors (Lipinski definition) is 1. The molecule has 1 N–H and O–H groups in total. The molecule has 3 nitrogen and oxygen atoms in total. The Hall–Kier alpha value is -2.04. The lowest BCUT2D eigenvalue weighted by molar-refractivity contribution is 0.622. The Morgan fingerprint density at radius 3 is 2.71 bits per heavy atom. The average molecular weight is 366 g/mol. The van der Waals surface area contributed by atoms with Crippen LogP contribution in [0.3, 0.4) is 0 Å². The first-order valence-electron chi connectivity index (χ1n) is 5.81. The molecule has 2 aromatic carbocycles. The van der Waals surface area contributed by atoms with Gasteiger partial charge in [-0.1, -0.05) is 0 Å². The zero-order chi connectivity index (χ0) is 15.1. The maximum atomic E-state index is 13.8. The molecule has 0 aliphatic carbocycles. The van der Waals surface area contributed by atoms with E-state index in [1.54, 1.807) is 6.07 Å². The topological polar surface area (TPSA) is 44.5 Å². The normalized spacial score (nSPS) is 10.8. The van der Waals surface area contributed by atoms with Gasteiger partial charge in [0.1, 0.15) is 17.7 Å². The molecule has 0 aliphatic rings. The first kappa shape index (κ1) is 13.9. The number of fused-ring (bicyclic) bond motifs is 1. The van der Waals surface area contributed by atoms with E-state index >= 15 is 0 Å². The SMILES string of the molecule is N#Cc1cc(F)ccc1-n1c(=S)[nH]c2cc(Br)c(F)cc21. The van der Waals surface area contributed by atoms with Crippen molar-refractivity contribution >= 4 is 39.2 Å². The van der Waals surface area contributed by atoms with Gasteiger partial charge in [0.2, 0.25) is 0 Å². The van der Waals surface area contributed by atoms with E-state index in [0.717, 1.165) is 6.07 Å². The molecule has 1 heterocycles. The third kappa shape index (κ3) is 2.26. The summed E-state index contributed by atoms with van der Waals surface area (Å²) < 4.78 is 29.1. The molecule has 7 heteroatoms. The smallest absolute Gasteiger partial charge is 0.182 e. The number of benzene rings is 2. The van der Waals surface area contributed by atoms with Gasteiger partial charge in [-0.05, 0) is 52.4 Å². The third-order valence-electron chi connectivity index (χ3n) is 3.04. The van der Waals surface area contributed by atoms with Crippen LogP contribution in [0.2, 0.25) is 0 Å². The van der Waals surface area contributed by atoms with Gasteiger partial charge in [-0.25, -0.2) is 8.78 Å². The summed E-state index contributed by atoms with van der Waals surface area (Å²) in [7, 11) is 0. The summed E-state index contributed by atoms with van der Waals surface area (Å²) in [5, 5.41) is 9.15. The van der Waals surface area contributed by atoms with Gasteiger partial charge < -0.3 is 4.98 Å². The lowest BCUT2D eigenvalue weighted by atomic mass is 10.2. The molecule has 0 saturated carbocycles. The number of nitriles is 1. The Labute approximate surface area is 131 Å². The van der Waals surface area contributed by atoms with Crippen molar-refractivity contribution in [3.05, 3.63) is 56.8 Å². The highest BCUT2D eigenvalue weighted by Gasteiger charge is 2.13. The molecule has 0 unspecified atom stereocenters. The van der Waals surface area contributed by atoms with Crippen molar-refractivity contribution in [3.63, 3.8) is 0 Å². The second-order valence-corrected chi connectivity index (χ2v) is 5.56. The number of nitrogens with one attached hydrogen (secondary N) is 1. The fourth-order valence-corrected chi connectivity index (χ4v) is 2.78. The predicted octanol–water partition coefficient (Wildman–Crippen LogP) is 4.60. The van der Waals surface area contributed by atoms with E-state index in [-0.39, 0.29) is 5.56 Å². The molecular formula is C14H6BrF2N3S. The van der Waals surface area contributed by atoms with Crippen LogP contribution in [0.4, 0.5) is 8.78 Å². The van der Waals surface area contributed by atoms with Crippen LogP contribution in [0.25, 0.3) is 16.7 Å². The van der Waals surface area contributed by atoms with Gasteiger partial charge in [0.25, 0.3) is 0 Å². The number of aromatic amines is 1. The van der Waals surface area contributed by atoms with E-state index in [1.807, 2.05) is 6.07 Å². The summed E-state index contributed by atoms with van der Waals surface area (Å²) in [6.45, 7) is 0. The van der Waals surface area contributed by atoms with E-state index in [2.05, 4.69) is 20.9 Å². The molecule has 0 radical (unpaired) electrons. The van der Waals surface area contributed by atoms with Gasteiger partial charge in [0, 0.05) is 6.07 Å². The van der Waals surface area contributed by atoms with Crippen LogP contribution < -0.4 is 0 Å². The number of H-pyrrole nitrogens is 1. The molecule has 0 amide bonds. The predicted molar refractivity (Wildman–Crippen MR) is 80.8 cm³/mol. The largest absolute Gasteiger partial charge is 0.330 e. The van der Waals surface area contributed by atoms with Crippen LogP contribution in [0.15, 0.2) is 34.8 Å². The first-order valence-corrected chi connectivity index (χ1v) is 7.01. The quantitative estimate of drug-likeness (QED) is 0.640. The van der Waals surface area contributed by atoms with Crippen molar-refractivity contribution in [1.82, 2.24) is 9.55 Å². The monoisotopic (exact) mass is 365 g/mol. The van der Waals surface area contributed by atoms with Gasteiger partial charge in [-0.2, -0.15) is 5.26 Å². The van der Waals surface area contributed by atoms with Gasteiger partial charge >= 0.3 is 0 Å². The average Bonchev–Trinajstić information content (AvgIpc) is 2.75. The molecule has 0 bridgehead atoms. The van der Waals surface area contributed by atoms with Crippen molar-refractivity contribution < 1.29 is 8.78 Å². The van der Waals surface area contributed by atoms with Gasteiger partial charge in [0.05, 0.1) is 26.8 Å². The Morgan fingerprint density at radius 2 is 2.00 bits per heavy atom. The number of aromatic nitrogens is 2. The lowest BCUT2D eigenvalue weighted by Crippen LogP contribution is -1.98. The molecule has 0 spiro atoms. The summed E-state index contributed by atoms with van der Waals surface area (Å²) >= 11 is 8.33. The van der Waals surface area contributed by atoms with E-state index in [0.29, 0.717) is 26.0 Å². The molecule has 21 heavy (non-hydrogen) atoms. The highest BCUT2D eigenvalue weighted by atomic mass is 79.9. The first-order chi connectivity index (χ1) is 10.0. The molecular weight excluding hydrogens is 360 g/mol. The zero-order valence-electron chi connectivity index (χ0n) is 10.3. The number of nitrogens with zero attached hydrogens (tertiary/aromatic N) is 2. The van der Waals surface area contributed by atoms with Crippen LogP contribution in [-0.2, 0) is 0 Å². The van der Waals surface area contributed by atoms with Crippen LogP contribution in [0.5, 0.6) is 0 Å². The highest BCUT2D eigenvalue weighted by Crippen LogP contribution is 2.27. The van der Waals surface area contributed by atoms with E-state index in [9.17, 15) is 8.78 Å². The Balaban J connectivity index is 2.41. The lowest BCUT2D eigenvalue weighted by Gasteiger charge is -2.07. The summed E-state index contributed by atoms with van der Waals surface area (Å²) in [6, 6.07) is 8.57. The maximum absolute atomic E-state index is 13.8. The molecule has 0 saturated heterocycles. The second kappa shape index (κ2) is 5.06. The van der Waals surface area contributed by atoms with E-state index in [4.69, 9.17) is 17.5 Å². The fraction of sp³-hybridized carbons (Fsp3) is 0. The molecule has 3 rings (SSSR count). The van der Waals surface area contributed by atoms with Gasteiger partial charge in [-0.3, -0.25) is 4.57 Å². The molecule has 1 aromatic heterocycles. The van der Waals surface area contributed by atoms with Crippen molar-refractivity contribution in [2.45, 2.75) is 0 Å². The number of hydrogen-bond acceptors (Lipinski definition) is 2. The third-order valence-corrected chi connectivity index (χ3v) is 3.94. The minimum absolute atomic E-state index is 0.121. The van der Waals surface area contributed by atoms with Gasteiger partial charge in [-0.15, -0.1) is 0 Å². The molecule has 0 atom stereocenters. The highest BCUT2D eigenvalue weighted by molar-refractivity contribution is 9.10. The summed E-state index contributed by atoms with van der Waals surface area (Å²) in [6.07, 6.45) is 0. The fourth-order valence-electron chi connectivity index (χ4n) is 2.13.